The molecule has 0 aliphatic carbocycles. The van der Waals surface area contributed by atoms with Gasteiger partial charge in [-0.15, -0.1) is 0 Å². The van der Waals surface area contributed by atoms with Gasteiger partial charge in [-0.25, -0.2) is 4.79 Å². The molecule has 1 aromatic carbocycles. The number of carbonyl (C=O) groups excluding carboxylic acids is 1. The first-order valence-corrected chi connectivity index (χ1v) is 5.86. The van der Waals surface area contributed by atoms with E-state index in [0.717, 1.165) is 17.9 Å². The minimum absolute atomic E-state index is 0.106. The van der Waals surface area contributed by atoms with Crippen molar-refractivity contribution in [1.82, 2.24) is 0 Å². The van der Waals surface area contributed by atoms with E-state index in [4.69, 9.17) is 14.3 Å². The Morgan fingerprint density at radius 1 is 1.30 bits per heavy atom. The number of ether oxygens (including phenoxy) is 1. The predicted octanol–water partition coefficient (Wildman–Crippen LogP) is 1.75. The van der Waals surface area contributed by atoms with E-state index in [1.165, 1.54) is 6.08 Å². The van der Waals surface area contributed by atoms with Crippen LogP contribution in [-0.2, 0) is 11.4 Å². The molecule has 0 fully saturated rings. The van der Waals surface area contributed by atoms with Crippen LogP contribution in [0.15, 0.2) is 57.9 Å². The lowest BCUT2D eigenvalue weighted by Crippen LogP contribution is -2.12. The number of rotatable bonds is 4. The Morgan fingerprint density at radius 3 is 2.70 bits per heavy atom. The Morgan fingerprint density at radius 2 is 2.05 bits per heavy atom. The molecular weight excluding hydrogens is 260 g/mol. The van der Waals surface area contributed by atoms with Crippen LogP contribution in [0, 0.1) is 0 Å². The van der Waals surface area contributed by atoms with Crippen molar-refractivity contribution in [3.8, 4) is 5.75 Å². The number of hydrogen-bond donors (Lipinski definition) is 1. The molecule has 0 aliphatic heterocycles. The maximum Gasteiger partial charge on any atom is 0.336 e. The first-order chi connectivity index (χ1) is 9.69. The van der Waals surface area contributed by atoms with Crippen LogP contribution in [0.25, 0.3) is 6.08 Å². The van der Waals surface area contributed by atoms with Crippen LogP contribution in [0.1, 0.15) is 11.3 Å². The van der Waals surface area contributed by atoms with Gasteiger partial charge in [0.15, 0.2) is 0 Å². The summed E-state index contributed by atoms with van der Waals surface area (Å²) in [6.45, 7) is -0.391. The van der Waals surface area contributed by atoms with Crippen molar-refractivity contribution >= 4 is 12.0 Å². The van der Waals surface area contributed by atoms with Crippen molar-refractivity contribution in [1.29, 1.82) is 0 Å². The maximum atomic E-state index is 11.6. The van der Waals surface area contributed by atoms with Crippen LogP contribution >= 0.6 is 0 Å². The standard InChI is InChI=1S/C15H12O5/c16-9-12-8-13(17)14(10-19-12)20-15(18)7-6-11-4-2-1-3-5-11/h1-8,10,16H,9H2/b7-6+. The SMILES string of the molecule is O=C(/C=C/c1ccccc1)Oc1coc(CO)cc1=O. The zero-order valence-electron chi connectivity index (χ0n) is 10.5. The van der Waals surface area contributed by atoms with Gasteiger partial charge in [-0.2, -0.15) is 0 Å². The molecule has 0 unspecified atom stereocenters. The number of aliphatic hydroxyl groups is 1. The van der Waals surface area contributed by atoms with E-state index >= 15 is 0 Å². The molecule has 0 atom stereocenters. The first kappa shape index (κ1) is 13.8. The number of hydrogen-bond acceptors (Lipinski definition) is 5. The molecule has 0 saturated carbocycles. The van der Waals surface area contributed by atoms with Crippen LogP contribution in [0.4, 0.5) is 0 Å². The summed E-state index contributed by atoms with van der Waals surface area (Å²) >= 11 is 0. The Balaban J connectivity index is 2.05. The third-order valence-electron chi connectivity index (χ3n) is 2.43. The lowest BCUT2D eigenvalue weighted by molar-refractivity contribution is -0.129. The molecule has 2 rings (SSSR count). The molecule has 1 N–H and O–H groups in total. The van der Waals surface area contributed by atoms with Crippen molar-refractivity contribution in [2.45, 2.75) is 6.61 Å². The normalized spacial score (nSPS) is 10.7. The van der Waals surface area contributed by atoms with Crippen molar-refractivity contribution < 1.29 is 19.1 Å². The molecule has 20 heavy (non-hydrogen) atoms. The first-order valence-electron chi connectivity index (χ1n) is 5.86. The van der Waals surface area contributed by atoms with Crippen molar-refractivity contribution in [2.24, 2.45) is 0 Å². The van der Waals surface area contributed by atoms with Gasteiger partial charge in [0.1, 0.15) is 18.6 Å². The molecule has 0 spiro atoms. The molecule has 0 bridgehead atoms. The minimum Gasteiger partial charge on any atom is -0.463 e. The van der Waals surface area contributed by atoms with Gasteiger partial charge < -0.3 is 14.3 Å². The molecule has 0 amide bonds. The predicted molar refractivity (Wildman–Crippen MR) is 72.0 cm³/mol. The summed E-state index contributed by atoms with van der Waals surface area (Å²) in [6.07, 6.45) is 3.79. The van der Waals surface area contributed by atoms with Crippen LogP contribution in [0.2, 0.25) is 0 Å². The van der Waals surface area contributed by atoms with E-state index < -0.39 is 18.0 Å². The summed E-state index contributed by atoms with van der Waals surface area (Å²) in [4.78, 5) is 23.1. The van der Waals surface area contributed by atoms with Gasteiger partial charge >= 0.3 is 5.97 Å². The fourth-order valence-electron chi connectivity index (χ4n) is 1.47. The van der Waals surface area contributed by atoms with Crippen molar-refractivity contribution in [3.63, 3.8) is 0 Å². The molecule has 1 aromatic heterocycles. The third-order valence-corrected chi connectivity index (χ3v) is 2.43. The van der Waals surface area contributed by atoms with E-state index in [-0.39, 0.29) is 11.5 Å². The Labute approximate surface area is 114 Å². The van der Waals surface area contributed by atoms with Gasteiger partial charge in [0, 0.05) is 12.1 Å². The molecule has 1 heterocycles. The van der Waals surface area contributed by atoms with Gasteiger partial charge in [-0.1, -0.05) is 30.3 Å². The quantitative estimate of drug-likeness (QED) is 0.677. The molecule has 102 valence electrons. The Hall–Kier alpha value is -2.66. The summed E-state index contributed by atoms with van der Waals surface area (Å²) in [6, 6.07) is 10.3. The summed E-state index contributed by atoms with van der Waals surface area (Å²) in [5, 5.41) is 8.79. The third kappa shape index (κ3) is 3.66. The van der Waals surface area contributed by atoms with E-state index in [1.807, 2.05) is 30.3 Å². The highest BCUT2D eigenvalue weighted by atomic mass is 16.5. The van der Waals surface area contributed by atoms with E-state index in [0.29, 0.717) is 0 Å². The molecule has 2 aromatic rings. The molecular formula is C15H12O5. The van der Waals surface area contributed by atoms with Gasteiger partial charge in [-0.05, 0) is 11.6 Å². The highest BCUT2D eigenvalue weighted by molar-refractivity contribution is 5.88. The Bertz CT molecular complexity index is 670. The topological polar surface area (TPSA) is 76.7 Å². The number of carbonyl (C=O) groups is 1. The lowest BCUT2D eigenvalue weighted by Gasteiger charge is -2.00. The number of esters is 1. The molecule has 0 radical (unpaired) electrons. The summed E-state index contributed by atoms with van der Waals surface area (Å²) < 4.78 is 9.75. The largest absolute Gasteiger partial charge is 0.463 e. The molecule has 0 aliphatic rings. The average molecular weight is 272 g/mol. The van der Waals surface area contributed by atoms with Gasteiger partial charge in [0.2, 0.25) is 11.2 Å². The second kappa shape index (κ2) is 6.49. The minimum atomic E-state index is -0.682. The molecule has 5 nitrogen and oxygen atoms in total. The fourth-order valence-corrected chi connectivity index (χ4v) is 1.47. The second-order valence-corrected chi connectivity index (χ2v) is 3.90. The molecule has 0 saturated heterocycles. The second-order valence-electron chi connectivity index (χ2n) is 3.90. The van der Waals surface area contributed by atoms with E-state index in [1.54, 1.807) is 6.08 Å². The van der Waals surface area contributed by atoms with Crippen LogP contribution in [-0.4, -0.2) is 11.1 Å². The van der Waals surface area contributed by atoms with Crippen LogP contribution < -0.4 is 10.2 Å². The van der Waals surface area contributed by atoms with Gasteiger partial charge in [0.05, 0.1) is 0 Å². The highest BCUT2D eigenvalue weighted by Crippen LogP contribution is 2.07. The average Bonchev–Trinajstić information content (AvgIpc) is 2.48. The Kier molecular flexibility index (Phi) is 4.47. The lowest BCUT2D eigenvalue weighted by atomic mass is 10.2. The summed E-state index contributed by atoms with van der Waals surface area (Å²) in [7, 11) is 0. The number of aliphatic hydroxyl groups excluding tert-OH is 1. The zero-order chi connectivity index (χ0) is 14.4. The fraction of sp³-hybridized carbons (Fsp3) is 0.0667. The van der Waals surface area contributed by atoms with Crippen LogP contribution in [0.5, 0.6) is 5.75 Å². The van der Waals surface area contributed by atoms with Gasteiger partial charge in [-0.3, -0.25) is 4.79 Å². The summed E-state index contributed by atoms with van der Waals surface area (Å²) in [5.41, 5.74) is 0.314. The van der Waals surface area contributed by atoms with E-state index in [9.17, 15) is 9.59 Å². The smallest absolute Gasteiger partial charge is 0.336 e. The van der Waals surface area contributed by atoms with Crippen molar-refractivity contribution in [2.75, 3.05) is 0 Å². The maximum absolute atomic E-state index is 11.6. The zero-order valence-corrected chi connectivity index (χ0v) is 10.5. The van der Waals surface area contributed by atoms with E-state index in [2.05, 4.69) is 0 Å². The monoisotopic (exact) mass is 272 g/mol. The van der Waals surface area contributed by atoms with Crippen LogP contribution in [0.3, 0.4) is 0 Å². The number of benzene rings is 1. The molecule has 5 heteroatoms. The summed E-state index contributed by atoms with van der Waals surface area (Å²) in [5.74, 6) is -0.794. The van der Waals surface area contributed by atoms with Gasteiger partial charge in [0.25, 0.3) is 0 Å². The van der Waals surface area contributed by atoms with Crippen molar-refractivity contribution in [3.05, 3.63) is 70.3 Å². The highest BCUT2D eigenvalue weighted by Gasteiger charge is 2.07.